The summed E-state index contributed by atoms with van der Waals surface area (Å²) in [6, 6.07) is 22.5. The van der Waals surface area contributed by atoms with Gasteiger partial charge in [0.2, 0.25) is 11.8 Å². The molecule has 214 valence electrons. The van der Waals surface area contributed by atoms with E-state index in [9.17, 15) is 24.0 Å². The molecule has 42 heavy (non-hydrogen) atoms. The van der Waals surface area contributed by atoms with Crippen LogP contribution in [0.2, 0.25) is 0 Å². The first-order chi connectivity index (χ1) is 20.4. The highest BCUT2D eigenvalue weighted by Gasteiger charge is 2.64. The molecule has 0 aromatic heterocycles. The van der Waals surface area contributed by atoms with Crippen LogP contribution in [0.25, 0.3) is 0 Å². The minimum absolute atomic E-state index is 0.153. The molecule has 6 rings (SSSR count). The van der Waals surface area contributed by atoms with Crippen molar-refractivity contribution in [2.24, 2.45) is 23.7 Å². The number of nitrogens with zero attached hydrogens (tertiary/aromatic N) is 1. The summed E-state index contributed by atoms with van der Waals surface area (Å²) in [6.07, 6.45) is 1.82. The molecule has 0 radical (unpaired) electrons. The lowest BCUT2D eigenvalue weighted by Crippen LogP contribution is -2.33. The Balaban J connectivity index is 1.05. The van der Waals surface area contributed by atoms with Crippen LogP contribution in [0.5, 0.6) is 0 Å². The van der Waals surface area contributed by atoms with E-state index in [0.717, 1.165) is 12.8 Å². The maximum Gasteiger partial charge on any atom is 0.338 e. The normalized spacial score (nSPS) is 23.9. The number of hydrogen-bond donors (Lipinski definition) is 1. The number of hydrogen-bond acceptors (Lipinski definition) is 7. The van der Waals surface area contributed by atoms with E-state index in [1.165, 1.54) is 34.7 Å². The van der Waals surface area contributed by atoms with Gasteiger partial charge in [0.1, 0.15) is 0 Å². The largest absolute Gasteiger partial charge is 0.462 e. The van der Waals surface area contributed by atoms with Crippen LogP contribution in [-0.4, -0.2) is 42.9 Å². The molecule has 1 N–H and O–H groups in total. The van der Waals surface area contributed by atoms with Gasteiger partial charge in [-0.3, -0.25) is 19.3 Å². The van der Waals surface area contributed by atoms with Gasteiger partial charge in [0, 0.05) is 5.69 Å². The highest BCUT2D eigenvalue weighted by atomic mass is 16.5. The molecule has 9 nitrogen and oxygen atoms in total. The molecule has 9 heteroatoms. The van der Waals surface area contributed by atoms with Crippen LogP contribution >= 0.6 is 0 Å². The average molecular weight is 567 g/mol. The van der Waals surface area contributed by atoms with Crippen LogP contribution in [0, 0.1) is 23.7 Å². The number of esters is 2. The molecule has 1 aliphatic heterocycles. The van der Waals surface area contributed by atoms with Gasteiger partial charge >= 0.3 is 11.9 Å². The Morgan fingerprint density at radius 3 is 2.07 bits per heavy atom. The third-order valence-corrected chi connectivity index (χ3v) is 8.62. The summed E-state index contributed by atoms with van der Waals surface area (Å²) in [5.74, 6) is -2.01. The van der Waals surface area contributed by atoms with Crippen molar-refractivity contribution < 1.29 is 33.4 Å². The molecule has 3 amide bonds. The standard InChI is InChI=1S/C33H30N2O7/c1-2-41-32(39)20-8-12-23(13-9-20)34-27(36)18-42-33(40)21-10-14-24(15-11-21)35-30(37)28-22-16-25(19-6-4-3-5-7-19)26(17-22)29(28)31(35)38/h3-15,22,25-26,28-29H,2,16-18H2,1H3,(H,34,36)/t22-,25+,26+,28+,29+/m0/s1. The Morgan fingerprint density at radius 2 is 1.40 bits per heavy atom. The van der Waals surface area contributed by atoms with Crippen LogP contribution in [0.4, 0.5) is 11.4 Å². The number of carbonyl (C=O) groups is 5. The zero-order chi connectivity index (χ0) is 29.4. The van der Waals surface area contributed by atoms with E-state index in [2.05, 4.69) is 17.4 Å². The number of fused-ring (bicyclic) bond motifs is 5. The summed E-state index contributed by atoms with van der Waals surface area (Å²) < 4.78 is 10.1. The van der Waals surface area contributed by atoms with Crippen molar-refractivity contribution in [2.75, 3.05) is 23.4 Å². The van der Waals surface area contributed by atoms with Gasteiger partial charge in [0.15, 0.2) is 6.61 Å². The number of amides is 3. The van der Waals surface area contributed by atoms with Crippen LogP contribution < -0.4 is 10.2 Å². The van der Waals surface area contributed by atoms with Gasteiger partial charge in [-0.1, -0.05) is 30.3 Å². The van der Waals surface area contributed by atoms with Crippen LogP contribution in [0.15, 0.2) is 78.9 Å². The first-order valence-corrected chi connectivity index (χ1v) is 14.1. The summed E-state index contributed by atoms with van der Waals surface area (Å²) in [5.41, 5.74) is 2.63. The number of nitrogens with one attached hydrogen (secondary N) is 1. The van der Waals surface area contributed by atoms with Crippen molar-refractivity contribution >= 4 is 41.0 Å². The third kappa shape index (κ3) is 4.95. The highest BCUT2D eigenvalue weighted by molar-refractivity contribution is 6.22. The van der Waals surface area contributed by atoms with Gasteiger partial charge in [-0.15, -0.1) is 0 Å². The van der Waals surface area contributed by atoms with Crippen molar-refractivity contribution in [3.8, 4) is 0 Å². The Labute approximate surface area is 242 Å². The van der Waals surface area contributed by atoms with Crippen molar-refractivity contribution in [3.63, 3.8) is 0 Å². The molecule has 2 bridgehead atoms. The van der Waals surface area contributed by atoms with Crippen molar-refractivity contribution in [1.29, 1.82) is 0 Å². The fraction of sp³-hybridized carbons (Fsp3) is 0.303. The highest BCUT2D eigenvalue weighted by Crippen LogP contribution is 2.61. The first kappa shape index (κ1) is 27.4. The Bertz CT molecular complexity index is 1530. The van der Waals surface area contributed by atoms with Gasteiger partial charge < -0.3 is 14.8 Å². The van der Waals surface area contributed by atoms with Gasteiger partial charge in [-0.2, -0.15) is 0 Å². The molecule has 5 atom stereocenters. The third-order valence-electron chi connectivity index (χ3n) is 8.62. The maximum absolute atomic E-state index is 13.5. The van der Waals surface area contributed by atoms with E-state index in [4.69, 9.17) is 9.47 Å². The van der Waals surface area contributed by atoms with Crippen LogP contribution in [-0.2, 0) is 23.9 Å². The molecule has 2 saturated carbocycles. The molecule has 0 spiro atoms. The molecule has 2 aliphatic carbocycles. The minimum Gasteiger partial charge on any atom is -0.462 e. The topological polar surface area (TPSA) is 119 Å². The fourth-order valence-corrected chi connectivity index (χ4v) is 6.86. The van der Waals surface area contributed by atoms with E-state index < -0.39 is 24.5 Å². The quantitative estimate of drug-likeness (QED) is 0.313. The van der Waals surface area contributed by atoms with Gasteiger partial charge in [0.25, 0.3) is 5.91 Å². The monoisotopic (exact) mass is 566 g/mol. The molecule has 3 aromatic rings. The van der Waals surface area contributed by atoms with Gasteiger partial charge in [-0.05, 0) is 91.6 Å². The average Bonchev–Trinajstić information content (AvgIpc) is 3.68. The molecule has 3 aliphatic rings. The predicted molar refractivity (Wildman–Crippen MR) is 153 cm³/mol. The van der Waals surface area contributed by atoms with E-state index in [1.807, 2.05) is 18.2 Å². The second-order valence-corrected chi connectivity index (χ2v) is 10.9. The molecule has 3 aromatic carbocycles. The van der Waals surface area contributed by atoms with E-state index in [1.54, 1.807) is 31.2 Å². The lowest BCUT2D eigenvalue weighted by atomic mass is 9.73. The predicted octanol–water partition coefficient (Wildman–Crippen LogP) is 4.59. The lowest BCUT2D eigenvalue weighted by Gasteiger charge is -2.28. The molecule has 3 fully saturated rings. The number of carbonyl (C=O) groups excluding carboxylic acids is 5. The van der Waals surface area contributed by atoms with Crippen molar-refractivity contribution in [3.05, 3.63) is 95.6 Å². The zero-order valence-electron chi connectivity index (χ0n) is 23.0. The molecular formula is C33H30N2O7. The fourth-order valence-electron chi connectivity index (χ4n) is 6.86. The Kier molecular flexibility index (Phi) is 7.33. The second kappa shape index (κ2) is 11.2. The van der Waals surface area contributed by atoms with Crippen molar-refractivity contribution in [1.82, 2.24) is 0 Å². The lowest BCUT2D eigenvalue weighted by molar-refractivity contribution is -0.123. The number of benzene rings is 3. The Morgan fingerprint density at radius 1 is 0.786 bits per heavy atom. The summed E-state index contributed by atoms with van der Waals surface area (Å²) in [7, 11) is 0. The number of ether oxygens (including phenoxy) is 2. The van der Waals surface area contributed by atoms with Crippen molar-refractivity contribution in [2.45, 2.75) is 25.7 Å². The number of anilines is 2. The summed E-state index contributed by atoms with van der Waals surface area (Å²) >= 11 is 0. The minimum atomic E-state index is -0.714. The second-order valence-electron chi connectivity index (χ2n) is 10.9. The molecular weight excluding hydrogens is 536 g/mol. The zero-order valence-corrected chi connectivity index (χ0v) is 23.0. The Hall–Kier alpha value is -4.79. The molecule has 1 saturated heterocycles. The summed E-state index contributed by atoms with van der Waals surface area (Å²) in [6.45, 7) is 1.46. The molecule has 0 unspecified atom stereocenters. The van der Waals surface area contributed by atoms with Crippen LogP contribution in [0.3, 0.4) is 0 Å². The maximum atomic E-state index is 13.5. The molecule has 1 heterocycles. The van der Waals surface area contributed by atoms with Gasteiger partial charge in [0.05, 0.1) is 35.3 Å². The summed E-state index contributed by atoms with van der Waals surface area (Å²) in [5, 5.41) is 2.60. The first-order valence-electron chi connectivity index (χ1n) is 14.1. The number of imide groups is 1. The smallest absolute Gasteiger partial charge is 0.338 e. The van der Waals surface area contributed by atoms with E-state index in [0.29, 0.717) is 16.9 Å². The van der Waals surface area contributed by atoms with E-state index in [-0.39, 0.29) is 53.6 Å². The summed E-state index contributed by atoms with van der Waals surface area (Å²) in [4.78, 5) is 64.8. The van der Waals surface area contributed by atoms with Gasteiger partial charge in [-0.25, -0.2) is 9.59 Å². The van der Waals surface area contributed by atoms with Crippen LogP contribution in [0.1, 0.15) is 52.0 Å². The van der Waals surface area contributed by atoms with E-state index >= 15 is 0 Å². The SMILES string of the molecule is CCOC(=O)c1ccc(NC(=O)COC(=O)c2ccc(N3C(=O)[C@@H]4[C@@H]5C[C@@H]([C@H]4C3=O)[C@@H](c3ccccc3)C5)cc2)cc1. The number of rotatable bonds is 8.